The molecule has 29 heavy (non-hydrogen) atoms. The van der Waals surface area contributed by atoms with Gasteiger partial charge in [-0.2, -0.15) is 0 Å². The zero-order valence-electron chi connectivity index (χ0n) is 17.9. The van der Waals surface area contributed by atoms with Gasteiger partial charge in [0.05, 0.1) is 5.54 Å². The topological polar surface area (TPSA) is 84.7 Å². The predicted molar refractivity (Wildman–Crippen MR) is 108 cm³/mol. The summed E-state index contributed by atoms with van der Waals surface area (Å²) in [6, 6.07) is 5.91. The summed E-state index contributed by atoms with van der Waals surface area (Å²) in [5.74, 6) is 0.356. The normalized spacial score (nSPS) is 23.8. The Morgan fingerprint density at radius 2 is 1.83 bits per heavy atom. The van der Waals surface area contributed by atoms with Gasteiger partial charge in [0.15, 0.2) is 5.58 Å². The van der Waals surface area contributed by atoms with E-state index in [-0.39, 0.29) is 29.8 Å². The second kappa shape index (κ2) is 6.47. The van der Waals surface area contributed by atoms with Crippen LogP contribution >= 0.6 is 0 Å². The van der Waals surface area contributed by atoms with Gasteiger partial charge in [0, 0.05) is 24.4 Å². The lowest BCUT2D eigenvalue weighted by Gasteiger charge is -2.27. The summed E-state index contributed by atoms with van der Waals surface area (Å²) >= 11 is 0. The number of rotatable bonds is 3. The Kier molecular flexibility index (Phi) is 4.40. The lowest BCUT2D eigenvalue weighted by Crippen LogP contribution is -2.44. The summed E-state index contributed by atoms with van der Waals surface area (Å²) in [4.78, 5) is 26.9. The Labute approximate surface area is 170 Å². The van der Waals surface area contributed by atoms with E-state index < -0.39 is 11.1 Å². The quantitative estimate of drug-likeness (QED) is 0.852. The fraction of sp³-hybridized carbons (Fsp3) is 0.591. The van der Waals surface area contributed by atoms with Gasteiger partial charge in [-0.25, -0.2) is 4.79 Å². The number of benzene rings is 1. The summed E-state index contributed by atoms with van der Waals surface area (Å²) in [6.07, 6.45) is -0.298. The number of nitrogens with zero attached hydrogens (tertiary/aromatic N) is 2. The number of aromatic nitrogens is 1. The monoisotopic (exact) mass is 399 g/mol. The predicted octanol–water partition coefficient (Wildman–Crippen LogP) is 3.60. The molecule has 1 aromatic carbocycles. The molecular weight excluding hydrogens is 370 g/mol. The van der Waals surface area contributed by atoms with Crippen LogP contribution in [0, 0.1) is 24.7 Å². The van der Waals surface area contributed by atoms with Crippen LogP contribution in [0.15, 0.2) is 22.7 Å². The van der Waals surface area contributed by atoms with E-state index in [0.29, 0.717) is 13.1 Å². The average Bonchev–Trinajstić information content (AvgIpc) is 2.96. The molecule has 1 unspecified atom stereocenters. The second-order valence-corrected chi connectivity index (χ2v) is 9.84. The van der Waals surface area contributed by atoms with Crippen molar-refractivity contribution in [1.29, 1.82) is 0 Å². The Bertz CT molecular complexity index is 960. The number of carbonyl (C=O) groups excluding carboxylic acids is 2. The summed E-state index contributed by atoms with van der Waals surface area (Å²) < 4.78 is 11.0. The molecule has 1 saturated carbocycles. The van der Waals surface area contributed by atoms with Crippen LogP contribution in [0.5, 0.6) is 0 Å². The van der Waals surface area contributed by atoms with Gasteiger partial charge in [-0.1, -0.05) is 17.3 Å². The molecule has 2 fully saturated rings. The minimum absolute atomic E-state index is 0.0117. The summed E-state index contributed by atoms with van der Waals surface area (Å²) in [7, 11) is 0. The Morgan fingerprint density at radius 1 is 1.17 bits per heavy atom. The molecule has 4 rings (SSSR count). The number of ether oxygens (including phenoxy) is 1. The summed E-state index contributed by atoms with van der Waals surface area (Å²) in [5, 5.41) is 8.31. The number of hydrogen-bond acceptors (Lipinski definition) is 5. The number of piperidine rings is 1. The van der Waals surface area contributed by atoms with Crippen molar-refractivity contribution in [1.82, 2.24) is 15.4 Å². The number of hydrogen-bond donors (Lipinski definition) is 1. The molecule has 7 heteroatoms. The molecule has 2 aliphatic rings. The molecule has 1 aliphatic heterocycles. The summed E-state index contributed by atoms with van der Waals surface area (Å²) in [5.41, 5.74) is 1.33. The Morgan fingerprint density at radius 3 is 2.45 bits per heavy atom. The van der Waals surface area contributed by atoms with Crippen molar-refractivity contribution < 1.29 is 18.8 Å². The van der Waals surface area contributed by atoms with Crippen molar-refractivity contribution in [2.45, 2.75) is 52.7 Å². The largest absolute Gasteiger partial charge is 0.444 e. The van der Waals surface area contributed by atoms with E-state index in [1.807, 2.05) is 59.7 Å². The van der Waals surface area contributed by atoms with Crippen molar-refractivity contribution >= 4 is 23.0 Å². The van der Waals surface area contributed by atoms with Gasteiger partial charge in [-0.05, 0) is 65.0 Å². The molecule has 2 heterocycles. The van der Waals surface area contributed by atoms with Crippen molar-refractivity contribution in [3.05, 3.63) is 29.5 Å². The Hall–Kier alpha value is -2.57. The van der Waals surface area contributed by atoms with E-state index in [2.05, 4.69) is 10.5 Å². The molecule has 0 radical (unpaired) electrons. The number of nitrogens with one attached hydrogen (secondary N) is 1. The first-order chi connectivity index (χ1) is 13.5. The first kappa shape index (κ1) is 19.7. The zero-order valence-corrected chi connectivity index (χ0v) is 17.9. The van der Waals surface area contributed by atoms with Gasteiger partial charge < -0.3 is 19.5 Å². The fourth-order valence-corrected chi connectivity index (χ4v) is 4.39. The standard InChI is InChI=1S/C22H29N3O4/c1-12-8-7-9-13-17(12)29-24-18(13)22(5,6)23-19(26)16-14-10-25(11-15(14)16)20(27)28-21(2,3)4/h7-9,14-16H,10-11H2,1-6H3,(H,23,26)/t14-,15+,16?. The van der Waals surface area contributed by atoms with Crippen LogP contribution in [0.1, 0.15) is 45.9 Å². The summed E-state index contributed by atoms with van der Waals surface area (Å²) in [6.45, 7) is 12.6. The number of fused-ring (bicyclic) bond motifs is 2. The third-order valence-electron chi connectivity index (χ3n) is 5.87. The van der Waals surface area contributed by atoms with Crippen LogP contribution in [0.2, 0.25) is 0 Å². The first-order valence-electron chi connectivity index (χ1n) is 10.1. The molecule has 1 N–H and O–H groups in total. The lowest BCUT2D eigenvalue weighted by molar-refractivity contribution is -0.125. The maximum Gasteiger partial charge on any atom is 0.410 e. The highest BCUT2D eigenvalue weighted by Gasteiger charge is 2.61. The van der Waals surface area contributed by atoms with E-state index in [1.165, 1.54) is 0 Å². The molecule has 1 saturated heterocycles. The maximum absolute atomic E-state index is 12.9. The van der Waals surface area contributed by atoms with E-state index >= 15 is 0 Å². The van der Waals surface area contributed by atoms with Crippen molar-refractivity contribution in [2.75, 3.05) is 13.1 Å². The van der Waals surface area contributed by atoms with Crippen LogP contribution in [0.25, 0.3) is 11.0 Å². The third-order valence-corrected chi connectivity index (χ3v) is 5.87. The highest BCUT2D eigenvalue weighted by Crippen LogP contribution is 2.52. The molecule has 7 nitrogen and oxygen atoms in total. The number of likely N-dealkylation sites (tertiary alicyclic amines) is 1. The molecule has 2 aromatic rings. The average molecular weight is 399 g/mol. The minimum atomic E-state index is -0.655. The van der Waals surface area contributed by atoms with Crippen LogP contribution in [-0.4, -0.2) is 40.7 Å². The maximum atomic E-state index is 12.9. The SMILES string of the molecule is Cc1cccc2c(C(C)(C)NC(=O)C3[C@H]4CN(C(=O)OC(C)(C)C)C[C@@H]34)noc12. The molecule has 1 aliphatic carbocycles. The van der Waals surface area contributed by atoms with Gasteiger partial charge in [0.1, 0.15) is 11.3 Å². The van der Waals surface area contributed by atoms with Gasteiger partial charge in [0.2, 0.25) is 5.91 Å². The van der Waals surface area contributed by atoms with Crippen molar-refractivity contribution in [2.24, 2.45) is 17.8 Å². The number of para-hydroxylation sites is 1. The number of aryl methyl sites for hydroxylation is 1. The number of amides is 2. The van der Waals surface area contributed by atoms with Crippen molar-refractivity contribution in [3.63, 3.8) is 0 Å². The molecule has 0 bridgehead atoms. The first-order valence-corrected chi connectivity index (χ1v) is 10.1. The highest BCUT2D eigenvalue weighted by atomic mass is 16.6. The van der Waals surface area contributed by atoms with E-state index in [0.717, 1.165) is 22.2 Å². The molecule has 3 atom stereocenters. The zero-order chi connectivity index (χ0) is 21.1. The third kappa shape index (κ3) is 3.58. The van der Waals surface area contributed by atoms with Crippen molar-refractivity contribution in [3.8, 4) is 0 Å². The van der Waals surface area contributed by atoms with Crippen LogP contribution in [0.3, 0.4) is 0 Å². The van der Waals surface area contributed by atoms with Gasteiger partial charge >= 0.3 is 6.09 Å². The highest BCUT2D eigenvalue weighted by molar-refractivity contribution is 5.86. The van der Waals surface area contributed by atoms with E-state index in [1.54, 1.807) is 4.90 Å². The number of carbonyl (C=O) groups is 2. The molecule has 2 amide bonds. The smallest absolute Gasteiger partial charge is 0.410 e. The van der Waals surface area contributed by atoms with Gasteiger partial charge in [-0.3, -0.25) is 4.79 Å². The van der Waals surface area contributed by atoms with E-state index in [4.69, 9.17) is 9.26 Å². The van der Waals surface area contributed by atoms with Crippen LogP contribution in [0.4, 0.5) is 4.79 Å². The molecule has 0 spiro atoms. The lowest BCUT2D eigenvalue weighted by atomic mass is 9.96. The second-order valence-electron chi connectivity index (χ2n) is 9.84. The fourth-order valence-electron chi connectivity index (χ4n) is 4.39. The van der Waals surface area contributed by atoms with Crippen LogP contribution in [-0.2, 0) is 15.1 Å². The van der Waals surface area contributed by atoms with E-state index in [9.17, 15) is 9.59 Å². The van der Waals surface area contributed by atoms with Crippen LogP contribution < -0.4 is 5.32 Å². The minimum Gasteiger partial charge on any atom is -0.444 e. The van der Waals surface area contributed by atoms with Gasteiger partial charge in [0.25, 0.3) is 0 Å². The molecular formula is C22H29N3O4. The Balaban J connectivity index is 1.40. The van der Waals surface area contributed by atoms with Gasteiger partial charge in [-0.15, -0.1) is 0 Å². The molecule has 156 valence electrons. The molecule has 1 aromatic heterocycles.